The number of hydrogen-bond acceptors (Lipinski definition) is 4. The van der Waals surface area contributed by atoms with Gasteiger partial charge in [0.15, 0.2) is 0 Å². The molecule has 1 unspecified atom stereocenters. The molecule has 1 aliphatic heterocycles. The van der Waals surface area contributed by atoms with Gasteiger partial charge in [0.05, 0.1) is 5.92 Å². The predicted molar refractivity (Wildman–Crippen MR) is 76.6 cm³/mol. The number of aromatic nitrogens is 1. The highest BCUT2D eigenvalue weighted by molar-refractivity contribution is 7.86. The van der Waals surface area contributed by atoms with E-state index >= 15 is 0 Å². The lowest BCUT2D eigenvalue weighted by molar-refractivity contribution is -0.142. The van der Waals surface area contributed by atoms with Crippen molar-refractivity contribution < 1.29 is 18.3 Å². The quantitative estimate of drug-likeness (QED) is 0.857. The van der Waals surface area contributed by atoms with Crippen LogP contribution >= 0.6 is 0 Å². The van der Waals surface area contributed by atoms with Gasteiger partial charge >= 0.3 is 5.97 Å². The van der Waals surface area contributed by atoms with Crippen LogP contribution in [0.1, 0.15) is 18.4 Å². The van der Waals surface area contributed by atoms with E-state index in [0.717, 1.165) is 5.56 Å². The Morgan fingerprint density at radius 2 is 2.33 bits per heavy atom. The second-order valence-corrected chi connectivity index (χ2v) is 7.20. The summed E-state index contributed by atoms with van der Waals surface area (Å²) < 4.78 is 27.5. The number of carboxylic acids is 1. The summed E-state index contributed by atoms with van der Waals surface area (Å²) in [6, 6.07) is 3.55. The summed E-state index contributed by atoms with van der Waals surface area (Å²) in [5.74, 6) is -1.56. The molecular weight excluding hydrogens is 294 g/mol. The Morgan fingerprint density at radius 1 is 1.57 bits per heavy atom. The zero-order valence-electron chi connectivity index (χ0n) is 11.8. The first-order valence-electron chi connectivity index (χ1n) is 6.74. The van der Waals surface area contributed by atoms with Gasteiger partial charge in [0.1, 0.15) is 0 Å². The van der Waals surface area contributed by atoms with Crippen molar-refractivity contribution in [3.8, 4) is 0 Å². The summed E-state index contributed by atoms with van der Waals surface area (Å²) in [6.45, 7) is 0.614. The van der Waals surface area contributed by atoms with E-state index in [1.54, 1.807) is 24.5 Å². The van der Waals surface area contributed by atoms with Crippen molar-refractivity contribution in [2.75, 3.05) is 20.1 Å². The van der Waals surface area contributed by atoms with Crippen LogP contribution in [0.3, 0.4) is 0 Å². The highest BCUT2D eigenvalue weighted by Gasteiger charge is 2.34. The van der Waals surface area contributed by atoms with Gasteiger partial charge in [0.2, 0.25) is 0 Å². The third-order valence-corrected chi connectivity index (χ3v) is 5.48. The van der Waals surface area contributed by atoms with Crippen LogP contribution in [0.15, 0.2) is 24.5 Å². The molecule has 0 saturated carbocycles. The first-order valence-corrected chi connectivity index (χ1v) is 8.14. The molecule has 1 N–H and O–H groups in total. The molecule has 1 atom stereocenters. The van der Waals surface area contributed by atoms with Gasteiger partial charge in [-0.3, -0.25) is 9.78 Å². The van der Waals surface area contributed by atoms with Gasteiger partial charge in [-0.15, -0.1) is 0 Å². The van der Waals surface area contributed by atoms with Crippen molar-refractivity contribution in [2.45, 2.75) is 19.4 Å². The minimum Gasteiger partial charge on any atom is -0.481 e. The lowest BCUT2D eigenvalue weighted by Crippen LogP contribution is -2.47. The van der Waals surface area contributed by atoms with E-state index in [2.05, 4.69) is 4.98 Å². The van der Waals surface area contributed by atoms with Crippen LogP contribution in [0, 0.1) is 5.92 Å². The second kappa shape index (κ2) is 6.50. The minimum atomic E-state index is -3.65. The Balaban J connectivity index is 2.08. The van der Waals surface area contributed by atoms with Crippen molar-refractivity contribution in [2.24, 2.45) is 5.92 Å². The van der Waals surface area contributed by atoms with E-state index < -0.39 is 22.1 Å². The van der Waals surface area contributed by atoms with Crippen LogP contribution < -0.4 is 0 Å². The molecule has 0 aliphatic carbocycles. The fourth-order valence-corrected chi connectivity index (χ4v) is 3.82. The fraction of sp³-hybridized carbons (Fsp3) is 0.538. The fourth-order valence-electron chi connectivity index (χ4n) is 2.38. The highest BCUT2D eigenvalue weighted by atomic mass is 32.2. The molecule has 0 radical (unpaired) electrons. The second-order valence-electron chi connectivity index (χ2n) is 5.16. The molecule has 21 heavy (non-hydrogen) atoms. The minimum absolute atomic E-state index is 0.0368. The van der Waals surface area contributed by atoms with Crippen molar-refractivity contribution >= 4 is 16.2 Å². The van der Waals surface area contributed by atoms with Gasteiger partial charge in [-0.05, 0) is 24.5 Å². The number of carbonyl (C=O) groups is 1. The monoisotopic (exact) mass is 313 g/mol. The van der Waals surface area contributed by atoms with Gasteiger partial charge in [0.25, 0.3) is 10.2 Å². The summed E-state index contributed by atoms with van der Waals surface area (Å²) in [7, 11) is -2.16. The topological polar surface area (TPSA) is 90.8 Å². The van der Waals surface area contributed by atoms with Crippen LogP contribution in [0.2, 0.25) is 0 Å². The molecule has 1 fully saturated rings. The van der Waals surface area contributed by atoms with Gasteiger partial charge in [-0.1, -0.05) is 6.07 Å². The lowest BCUT2D eigenvalue weighted by Gasteiger charge is -2.32. The molecule has 0 aromatic carbocycles. The molecule has 2 heterocycles. The van der Waals surface area contributed by atoms with E-state index in [4.69, 9.17) is 5.11 Å². The maximum absolute atomic E-state index is 12.5. The summed E-state index contributed by atoms with van der Waals surface area (Å²) in [5, 5.41) is 9.05. The summed E-state index contributed by atoms with van der Waals surface area (Å²) in [4.78, 5) is 15.0. The highest BCUT2D eigenvalue weighted by Crippen LogP contribution is 2.21. The van der Waals surface area contributed by atoms with Crippen molar-refractivity contribution in [1.82, 2.24) is 13.6 Å². The smallest absolute Gasteiger partial charge is 0.307 e. The molecule has 1 aromatic rings. The zero-order chi connectivity index (χ0) is 15.5. The Bertz CT molecular complexity index is 591. The van der Waals surface area contributed by atoms with E-state index in [0.29, 0.717) is 19.4 Å². The Labute approximate surface area is 124 Å². The number of hydrogen-bond donors (Lipinski definition) is 1. The van der Waals surface area contributed by atoms with E-state index in [1.165, 1.54) is 15.7 Å². The molecule has 2 rings (SSSR count). The van der Waals surface area contributed by atoms with Gasteiger partial charge in [0, 0.05) is 39.1 Å². The third-order valence-electron chi connectivity index (χ3n) is 3.58. The molecule has 0 amide bonds. The van der Waals surface area contributed by atoms with Crippen LogP contribution in [-0.2, 0) is 21.5 Å². The molecule has 8 heteroatoms. The summed E-state index contributed by atoms with van der Waals surface area (Å²) in [6.07, 6.45) is 4.33. The summed E-state index contributed by atoms with van der Waals surface area (Å²) >= 11 is 0. The standard InChI is InChI=1S/C13H19N3O4S/c1-15(9-11-4-2-6-14-8-11)21(19,20)16-7-3-5-12(10-16)13(17)18/h2,4,6,8,12H,3,5,7,9-10H2,1H3,(H,17,18). The predicted octanol–water partition coefficient (Wildman–Crippen LogP) is 0.555. The Morgan fingerprint density at radius 3 is 2.95 bits per heavy atom. The van der Waals surface area contributed by atoms with E-state index in [9.17, 15) is 13.2 Å². The Kier molecular flexibility index (Phi) is 4.92. The van der Waals surface area contributed by atoms with Crippen molar-refractivity contribution in [1.29, 1.82) is 0 Å². The maximum atomic E-state index is 12.5. The Hall–Kier alpha value is -1.51. The first kappa shape index (κ1) is 15.9. The van der Waals surface area contributed by atoms with Crippen LogP contribution in [0.5, 0.6) is 0 Å². The van der Waals surface area contributed by atoms with E-state index in [1.807, 2.05) is 0 Å². The first-order chi connectivity index (χ1) is 9.91. The largest absolute Gasteiger partial charge is 0.481 e. The van der Waals surface area contributed by atoms with Gasteiger partial charge < -0.3 is 5.11 Å². The number of pyridine rings is 1. The number of rotatable bonds is 5. The van der Waals surface area contributed by atoms with Crippen LogP contribution in [0.4, 0.5) is 0 Å². The van der Waals surface area contributed by atoms with Gasteiger partial charge in [-0.25, -0.2) is 0 Å². The number of piperidine rings is 1. The molecule has 1 saturated heterocycles. The molecule has 0 spiro atoms. The summed E-state index contributed by atoms with van der Waals surface area (Å²) in [5.41, 5.74) is 0.787. The SMILES string of the molecule is CN(Cc1cccnc1)S(=O)(=O)N1CCCC(C(=O)O)C1. The normalized spacial score (nSPS) is 20.6. The lowest BCUT2D eigenvalue weighted by atomic mass is 10.0. The number of carboxylic acid groups (broad SMARTS) is 1. The average Bonchev–Trinajstić information content (AvgIpc) is 2.48. The molecular formula is C13H19N3O4S. The molecule has 7 nitrogen and oxygen atoms in total. The third kappa shape index (κ3) is 3.78. The van der Waals surface area contributed by atoms with E-state index in [-0.39, 0.29) is 13.1 Å². The zero-order valence-corrected chi connectivity index (χ0v) is 12.7. The average molecular weight is 313 g/mol. The van der Waals surface area contributed by atoms with Gasteiger partial charge in [-0.2, -0.15) is 17.0 Å². The maximum Gasteiger partial charge on any atom is 0.307 e. The van der Waals surface area contributed by atoms with Crippen LogP contribution in [0.25, 0.3) is 0 Å². The molecule has 1 aliphatic rings. The van der Waals surface area contributed by atoms with Crippen LogP contribution in [-0.4, -0.2) is 53.2 Å². The van der Waals surface area contributed by atoms with Crippen molar-refractivity contribution in [3.05, 3.63) is 30.1 Å². The molecule has 1 aromatic heterocycles. The van der Waals surface area contributed by atoms with Crippen molar-refractivity contribution in [3.63, 3.8) is 0 Å². The number of nitrogens with zero attached hydrogens (tertiary/aromatic N) is 3. The molecule has 0 bridgehead atoms. The molecule has 116 valence electrons. The number of aliphatic carboxylic acids is 1.